The van der Waals surface area contributed by atoms with E-state index in [2.05, 4.69) is 40.9 Å². The summed E-state index contributed by atoms with van der Waals surface area (Å²) in [5.41, 5.74) is 14.6. The summed E-state index contributed by atoms with van der Waals surface area (Å²) in [5.74, 6) is 0.706. The predicted molar refractivity (Wildman–Crippen MR) is 427 cm³/mol. The quantitative estimate of drug-likeness (QED) is 0.0209. The highest BCUT2D eigenvalue weighted by Gasteiger charge is 2.44. The van der Waals surface area contributed by atoms with E-state index in [0.717, 1.165) is 72.3 Å². The lowest BCUT2D eigenvalue weighted by molar-refractivity contribution is -0.142. The van der Waals surface area contributed by atoms with Gasteiger partial charge >= 0.3 is 30.1 Å². The minimum absolute atomic E-state index is 0.00583. The number of aliphatic hydroxyl groups is 1. The number of carboxylic acid groups (broad SMARTS) is 2. The molecule has 0 spiro atoms. The second-order valence-electron chi connectivity index (χ2n) is 27.5. The molecule has 24 heteroatoms. The van der Waals surface area contributed by atoms with Gasteiger partial charge in [0.25, 0.3) is 0 Å². The molecule has 24 nitrogen and oxygen atoms in total. The van der Waals surface area contributed by atoms with Gasteiger partial charge in [0.05, 0.1) is 82.2 Å². The lowest BCUT2D eigenvalue weighted by Crippen LogP contribution is -2.43. The fraction of sp³-hybridized carbons (Fsp3) is 0.276. The van der Waals surface area contributed by atoms with Gasteiger partial charge in [-0.15, -0.1) is 0 Å². The maximum Gasteiger partial charge on any atom is 0.411 e. The number of carbonyl (C=O) groups excluding carboxylic acids is 4. The average Bonchev–Trinajstić information content (AvgIpc) is 1.60. The van der Waals surface area contributed by atoms with E-state index in [1.54, 1.807) is 125 Å². The number of ketones is 1. The molecule has 0 unspecified atom stereocenters. The Kier molecular flexibility index (Phi) is 29.7. The molecule has 111 heavy (non-hydrogen) atoms. The first kappa shape index (κ1) is 83.8. The maximum atomic E-state index is 12.7. The van der Waals surface area contributed by atoms with Gasteiger partial charge in [-0.25, -0.2) is 29.1 Å². The van der Waals surface area contributed by atoms with Gasteiger partial charge in [0.1, 0.15) is 64.6 Å². The highest BCUT2D eigenvalue weighted by Crippen LogP contribution is 2.36. The van der Waals surface area contributed by atoms with Crippen molar-refractivity contribution in [1.82, 2.24) is 24.8 Å². The van der Waals surface area contributed by atoms with E-state index in [1.807, 2.05) is 146 Å². The summed E-state index contributed by atoms with van der Waals surface area (Å²) in [7, 11) is 6.50. The number of aliphatic hydroxyl groups excluding tert-OH is 1. The molecule has 580 valence electrons. The third kappa shape index (κ3) is 24.6. The van der Waals surface area contributed by atoms with Crippen molar-refractivity contribution in [1.29, 1.82) is 0 Å². The maximum absolute atomic E-state index is 12.7. The molecule has 8 aromatic carbocycles. The topological polar surface area (TPSA) is 328 Å². The van der Waals surface area contributed by atoms with Crippen LogP contribution in [-0.4, -0.2) is 160 Å². The number of anilines is 1. The number of methoxy groups -OCH3 is 4. The summed E-state index contributed by atoms with van der Waals surface area (Å²) >= 11 is 0. The molecule has 2 aliphatic rings. The second kappa shape index (κ2) is 39.3. The normalized spacial score (nSPS) is 14.8. The van der Waals surface area contributed by atoms with E-state index in [1.165, 1.54) is 15.8 Å². The Morgan fingerprint density at radius 3 is 1.48 bits per heavy atom. The van der Waals surface area contributed by atoms with Crippen LogP contribution in [0.4, 0.5) is 15.3 Å². The number of β-amino-alcohol motifs (C(OH)–C–C–N with tert-alkyl or cyclic N) is 1. The molecule has 4 atom stereocenters. The molecule has 2 aliphatic heterocycles. The monoisotopic (exact) mass is 1510 g/mol. The highest BCUT2D eigenvalue weighted by molar-refractivity contribution is 6.06. The Morgan fingerprint density at radius 2 is 0.982 bits per heavy atom. The van der Waals surface area contributed by atoms with Crippen LogP contribution >= 0.6 is 0 Å². The first-order chi connectivity index (χ1) is 53.0. The fourth-order valence-electron chi connectivity index (χ4n) is 11.7. The minimum Gasteiger partial charge on any atom is -0.497 e. The number of aliphatic carboxylic acids is 2. The lowest BCUT2D eigenvalue weighted by Gasteiger charge is -2.26. The van der Waals surface area contributed by atoms with Crippen molar-refractivity contribution in [2.75, 3.05) is 53.9 Å². The number of Topliss-reactive ketones (excluding diaryl/α,β-unsaturated/α-hetero) is 1. The van der Waals surface area contributed by atoms with Crippen LogP contribution < -0.4 is 34.8 Å². The van der Waals surface area contributed by atoms with Crippen LogP contribution in [0.25, 0.3) is 66.5 Å². The number of hydrogen-bond acceptors (Lipinski definition) is 19. The third-order valence-corrected chi connectivity index (χ3v) is 16.9. The Balaban J connectivity index is 0.000000175. The van der Waals surface area contributed by atoms with Crippen LogP contribution in [-0.2, 0) is 28.6 Å². The van der Waals surface area contributed by atoms with E-state index in [0.29, 0.717) is 40.3 Å². The zero-order valence-electron chi connectivity index (χ0n) is 64.2. The van der Waals surface area contributed by atoms with Gasteiger partial charge in [-0.3, -0.25) is 24.2 Å². The highest BCUT2D eigenvalue weighted by atomic mass is 16.6. The molecule has 0 radical (unpaired) electrons. The van der Waals surface area contributed by atoms with Crippen LogP contribution in [0.3, 0.4) is 0 Å². The van der Waals surface area contributed by atoms with Gasteiger partial charge < -0.3 is 63.9 Å². The number of nitrogen functional groups attached to an aromatic ring is 1. The Labute approximate surface area is 644 Å². The molecule has 0 saturated carbocycles. The Bertz CT molecular complexity index is 5030. The molecular weight excluding hydrogens is 1420 g/mol. The number of esters is 1. The molecule has 13 rings (SSSR count). The van der Waals surface area contributed by atoms with Crippen LogP contribution in [0.1, 0.15) is 83.7 Å². The summed E-state index contributed by atoms with van der Waals surface area (Å²) in [5, 5.41) is 30.6. The number of aromatic nitrogens is 3. The van der Waals surface area contributed by atoms with Crippen LogP contribution in [0.5, 0.6) is 28.7 Å². The van der Waals surface area contributed by atoms with Crippen LogP contribution in [0.2, 0.25) is 0 Å². The number of nitrogens with zero attached hydrogens (tertiary/aromatic N) is 4. The van der Waals surface area contributed by atoms with E-state index < -0.39 is 65.6 Å². The first-order valence-corrected chi connectivity index (χ1v) is 35.7. The van der Waals surface area contributed by atoms with E-state index in [4.69, 9.17) is 54.0 Å². The smallest absolute Gasteiger partial charge is 0.411 e. The number of carbonyl (C=O) groups is 6. The number of rotatable bonds is 15. The summed E-state index contributed by atoms with van der Waals surface area (Å²) in [6.07, 6.45) is -2.67. The molecule has 2 amide bonds. The van der Waals surface area contributed by atoms with E-state index in [-0.39, 0.29) is 43.6 Å². The van der Waals surface area contributed by atoms with Crippen LogP contribution in [0, 0.1) is 6.92 Å². The first-order valence-electron chi connectivity index (χ1n) is 35.7. The Hall–Kier alpha value is -12.8. The van der Waals surface area contributed by atoms with Crippen molar-refractivity contribution in [2.24, 2.45) is 0 Å². The van der Waals surface area contributed by atoms with Crippen molar-refractivity contribution < 1.29 is 82.0 Å². The summed E-state index contributed by atoms with van der Waals surface area (Å²) < 4.78 is 42.2. The van der Waals surface area contributed by atoms with Gasteiger partial charge in [0, 0.05) is 93.5 Å². The number of carboxylic acids is 2. The van der Waals surface area contributed by atoms with Gasteiger partial charge in [0.15, 0.2) is 11.2 Å². The molecule has 2 saturated heterocycles. The number of nitrogens with one attached hydrogen (secondary N) is 1. The van der Waals surface area contributed by atoms with Gasteiger partial charge in [-0.1, -0.05) is 127 Å². The van der Waals surface area contributed by atoms with Crippen molar-refractivity contribution in [3.63, 3.8) is 0 Å². The largest absolute Gasteiger partial charge is 0.497 e. The number of amides is 2. The fourth-order valence-corrected chi connectivity index (χ4v) is 11.7. The van der Waals surface area contributed by atoms with Gasteiger partial charge in [-0.05, 0) is 121 Å². The number of ether oxygens (including phenoxy) is 8. The van der Waals surface area contributed by atoms with Crippen molar-refractivity contribution in [2.45, 2.75) is 110 Å². The van der Waals surface area contributed by atoms with Gasteiger partial charge in [0.2, 0.25) is 0 Å². The van der Waals surface area contributed by atoms with E-state index >= 15 is 0 Å². The summed E-state index contributed by atoms with van der Waals surface area (Å²) in [6, 6.07) is 66.3. The minimum atomic E-state index is -1.12. The Morgan fingerprint density at radius 1 is 0.523 bits per heavy atom. The number of fused-ring (bicyclic) bond motifs is 3. The standard InChI is InChI=1S/C26H28N2O6.C17H15NO.C16H13NO2.C11H12O3.C10H17NO5.C7H9NO/c1-26(2,3)34-25(31)28-15-18(13-22(28)24(29)30)33-23-14-20(16-8-6-5-7-9-16)27-21-12-17(32-4)10-11-19(21)23;1-12-10-16(13-6-4-3-5-7-13)18-17-11-14(19-2)8-9-15(12)17;1-19-12-7-8-13-15(9-12)17-14(10-16(13)18)11-5-3-2-4-6-11;1-2-14-11(13)8-10(12)9-6-4-3-5-7-9;1-10(2,3)16-9(15)11-5-6(12)4-7(11)8(13)14;1-9-7-4-2-3-6(8)5-7/h5-12,14,18,22H,13,15H2,1-4H3,(H,29,30);3-11H,1-2H3;2-10H,1H3,(H,17,18);3-7H,2,8H2,1H3;6-7,12H,4-5H2,1-3H3,(H,13,14);2-5H,8H2,1H3/t18-,22+;;;;6-,7+;/m1...1./s1. The predicted octanol–water partition coefficient (Wildman–Crippen LogP) is 15.7. The molecule has 0 bridgehead atoms. The molecule has 0 aliphatic carbocycles. The number of likely N-dealkylation sites (tertiary alicyclic amines) is 2. The zero-order valence-corrected chi connectivity index (χ0v) is 64.2. The summed E-state index contributed by atoms with van der Waals surface area (Å²) in [6.45, 7) is 14.6. The average molecular weight is 1510 g/mol. The number of pyridine rings is 3. The number of aryl methyl sites for hydroxylation is 1. The SMILES string of the molecule is CC(C)(C)OC(=O)N1C[C@H](O)C[C@H]1C(=O)O.CCOC(=O)CC(=O)c1ccccc1.COc1ccc2c(=O)cc(-c3ccccc3)[nH]c2c1.COc1ccc2c(C)cc(-c3ccccc3)nc2c1.COc1ccc2c(O[C@@H]3C[C@@H](C(=O)O)N(C(=O)OC(C)(C)C)C3)cc(-c3ccccc3)nc2c1.COc1cccc(N)c1. The summed E-state index contributed by atoms with van der Waals surface area (Å²) in [4.78, 5) is 96.6. The van der Waals surface area contributed by atoms with Crippen molar-refractivity contribution in [3.05, 3.63) is 240 Å². The zero-order chi connectivity index (χ0) is 80.5. The molecule has 2 fully saturated rings. The van der Waals surface area contributed by atoms with Crippen LogP contribution in [0.15, 0.2) is 223 Å². The lowest BCUT2D eigenvalue weighted by atomic mass is 10.1. The van der Waals surface area contributed by atoms with Crippen molar-refractivity contribution >= 4 is 74.3 Å². The number of nitrogens with two attached hydrogens (primary N) is 1. The second-order valence-corrected chi connectivity index (χ2v) is 27.5. The number of hydrogen-bond donors (Lipinski definition) is 5. The number of H-pyrrole nitrogens is 1. The van der Waals surface area contributed by atoms with Crippen molar-refractivity contribution in [3.8, 4) is 62.5 Å². The molecule has 3 aromatic heterocycles. The molecule has 6 N–H and O–H groups in total. The number of aromatic amines is 1. The third-order valence-electron chi connectivity index (χ3n) is 16.9. The molecule has 11 aromatic rings. The van der Waals surface area contributed by atoms with E-state index in [9.17, 15) is 43.8 Å². The van der Waals surface area contributed by atoms with Gasteiger partial charge in [-0.2, -0.15) is 0 Å². The molecular formula is C87H94N6O18. The number of benzene rings is 8. The molecule has 5 heterocycles.